The predicted octanol–water partition coefficient (Wildman–Crippen LogP) is 2.98. The summed E-state index contributed by atoms with van der Waals surface area (Å²) >= 11 is 6.43. The van der Waals surface area contributed by atoms with E-state index in [0.29, 0.717) is 21.4 Å². The van der Waals surface area contributed by atoms with E-state index in [1.807, 2.05) is 13.0 Å². The molecule has 0 fully saturated rings. The molecule has 1 aromatic carbocycles. The van der Waals surface area contributed by atoms with Crippen LogP contribution in [0.25, 0.3) is 0 Å². The largest absolute Gasteiger partial charge is 0.495 e. The van der Waals surface area contributed by atoms with Crippen molar-refractivity contribution >= 4 is 28.4 Å². The Labute approximate surface area is 104 Å². The van der Waals surface area contributed by atoms with Crippen LogP contribution >= 0.6 is 24.0 Å². The third kappa shape index (κ3) is 3.12. The number of ether oxygens (including phenoxy) is 2. The van der Waals surface area contributed by atoms with Crippen LogP contribution in [0, 0.1) is 11.3 Å². The number of hydrogen-bond donors (Lipinski definition) is 0. The molecule has 1 rings (SSSR count). The second-order valence-electron chi connectivity index (χ2n) is 2.73. The summed E-state index contributed by atoms with van der Waals surface area (Å²) in [5.74, 6) is 1.77. The monoisotopic (exact) mass is 253 g/mol. The fourth-order valence-corrected chi connectivity index (χ4v) is 1.94. The van der Waals surface area contributed by atoms with Gasteiger partial charge in [-0.15, -0.1) is 0 Å². The first-order valence-electron chi connectivity index (χ1n) is 4.64. The molecule has 0 spiro atoms. The van der Waals surface area contributed by atoms with Gasteiger partial charge in [0.15, 0.2) is 5.75 Å². The van der Waals surface area contributed by atoms with Gasteiger partial charge in [0.25, 0.3) is 0 Å². The molecule has 0 aliphatic heterocycles. The molecule has 1 aromatic rings. The zero-order chi connectivity index (χ0) is 12.0. The summed E-state index contributed by atoms with van der Waals surface area (Å²) in [7, 11) is 1.51. The molecule has 0 bridgehead atoms. The standard InChI is InChI=1S/C11H11NO2S2/c1-3-16-11(15)14-10-6-4-5-9(13-2)8(10)7-12/h4-6H,3H2,1-2H3. The first-order valence-corrected chi connectivity index (χ1v) is 6.04. The molecule has 0 saturated heterocycles. The number of hydrogen-bond acceptors (Lipinski definition) is 5. The van der Waals surface area contributed by atoms with Crippen LogP contribution in [0.5, 0.6) is 11.5 Å². The zero-order valence-corrected chi connectivity index (χ0v) is 10.7. The van der Waals surface area contributed by atoms with Gasteiger partial charge in [-0.2, -0.15) is 5.26 Å². The van der Waals surface area contributed by atoms with Crippen LogP contribution in [0.15, 0.2) is 18.2 Å². The fraction of sp³-hybridized carbons (Fsp3) is 0.273. The van der Waals surface area contributed by atoms with E-state index >= 15 is 0 Å². The lowest BCUT2D eigenvalue weighted by Gasteiger charge is -2.09. The Morgan fingerprint density at radius 2 is 2.19 bits per heavy atom. The maximum atomic E-state index is 9.01. The van der Waals surface area contributed by atoms with Crippen molar-refractivity contribution in [2.24, 2.45) is 0 Å². The van der Waals surface area contributed by atoms with Gasteiger partial charge in [0.05, 0.1) is 7.11 Å². The normalized spacial score (nSPS) is 9.31. The van der Waals surface area contributed by atoms with Crippen LogP contribution in [0.2, 0.25) is 0 Å². The fourth-order valence-electron chi connectivity index (χ4n) is 1.11. The topological polar surface area (TPSA) is 42.2 Å². The summed E-state index contributed by atoms with van der Waals surface area (Å²) in [6.45, 7) is 1.98. The van der Waals surface area contributed by atoms with E-state index in [-0.39, 0.29) is 0 Å². The summed E-state index contributed by atoms with van der Waals surface area (Å²) in [6, 6.07) is 7.21. The van der Waals surface area contributed by atoms with E-state index in [9.17, 15) is 0 Å². The minimum Gasteiger partial charge on any atom is -0.495 e. The molecule has 0 aliphatic rings. The number of thioether (sulfide) groups is 1. The molecule has 0 saturated carbocycles. The van der Waals surface area contributed by atoms with E-state index in [1.54, 1.807) is 18.2 Å². The molecular formula is C11H11NO2S2. The molecule has 5 heteroatoms. The lowest BCUT2D eigenvalue weighted by Crippen LogP contribution is -2.03. The first kappa shape index (κ1) is 12.8. The summed E-state index contributed by atoms with van der Waals surface area (Å²) < 4.78 is 10.9. The third-order valence-electron chi connectivity index (χ3n) is 1.78. The van der Waals surface area contributed by atoms with E-state index in [4.69, 9.17) is 27.0 Å². The smallest absolute Gasteiger partial charge is 0.225 e. The van der Waals surface area contributed by atoms with Gasteiger partial charge in [-0.1, -0.05) is 24.8 Å². The van der Waals surface area contributed by atoms with Crippen molar-refractivity contribution in [1.82, 2.24) is 0 Å². The Balaban J connectivity index is 2.96. The highest BCUT2D eigenvalue weighted by atomic mass is 32.2. The highest BCUT2D eigenvalue weighted by molar-refractivity contribution is 8.22. The number of rotatable bonds is 3. The van der Waals surface area contributed by atoms with Gasteiger partial charge in [-0.05, 0) is 30.1 Å². The molecule has 0 aliphatic carbocycles. The Morgan fingerprint density at radius 3 is 2.75 bits per heavy atom. The predicted molar refractivity (Wildman–Crippen MR) is 69.1 cm³/mol. The SMILES string of the molecule is CCSC(=S)Oc1cccc(OC)c1C#N. The summed E-state index contributed by atoms with van der Waals surface area (Å²) in [4.78, 5) is 0. The maximum Gasteiger partial charge on any atom is 0.225 e. The molecule has 0 unspecified atom stereocenters. The summed E-state index contributed by atoms with van der Waals surface area (Å²) in [5, 5.41) is 9.01. The van der Waals surface area contributed by atoms with Gasteiger partial charge in [0.2, 0.25) is 4.38 Å². The number of thiocarbonyl (C=S) groups is 1. The Bertz CT molecular complexity index is 426. The molecular weight excluding hydrogens is 242 g/mol. The quantitative estimate of drug-likeness (QED) is 0.775. The van der Waals surface area contributed by atoms with E-state index in [1.165, 1.54) is 18.9 Å². The van der Waals surface area contributed by atoms with Crippen molar-refractivity contribution < 1.29 is 9.47 Å². The number of methoxy groups -OCH3 is 1. The van der Waals surface area contributed by atoms with Gasteiger partial charge >= 0.3 is 0 Å². The van der Waals surface area contributed by atoms with Crippen molar-refractivity contribution in [1.29, 1.82) is 5.26 Å². The van der Waals surface area contributed by atoms with Gasteiger partial charge in [0.1, 0.15) is 17.4 Å². The average molecular weight is 253 g/mol. The van der Waals surface area contributed by atoms with E-state index < -0.39 is 0 Å². The summed E-state index contributed by atoms with van der Waals surface area (Å²) in [6.07, 6.45) is 0. The number of nitrogens with zero attached hydrogens (tertiary/aromatic N) is 1. The number of nitriles is 1. The zero-order valence-electron chi connectivity index (χ0n) is 9.02. The Morgan fingerprint density at radius 1 is 1.50 bits per heavy atom. The van der Waals surface area contributed by atoms with Crippen molar-refractivity contribution in [3.8, 4) is 17.6 Å². The average Bonchev–Trinajstić information content (AvgIpc) is 2.29. The highest BCUT2D eigenvalue weighted by Crippen LogP contribution is 2.28. The van der Waals surface area contributed by atoms with Gasteiger partial charge in [-0.3, -0.25) is 0 Å². The van der Waals surface area contributed by atoms with Crippen LogP contribution in [-0.2, 0) is 0 Å². The maximum absolute atomic E-state index is 9.01. The Hall–Kier alpha value is -1.25. The molecule has 84 valence electrons. The van der Waals surface area contributed by atoms with Gasteiger partial charge < -0.3 is 9.47 Å². The molecule has 3 nitrogen and oxygen atoms in total. The molecule has 0 N–H and O–H groups in total. The van der Waals surface area contributed by atoms with Crippen molar-refractivity contribution in [2.75, 3.05) is 12.9 Å². The first-order chi connectivity index (χ1) is 7.72. The van der Waals surface area contributed by atoms with E-state index in [2.05, 4.69) is 0 Å². The van der Waals surface area contributed by atoms with Crippen LogP contribution in [0.3, 0.4) is 0 Å². The molecule has 0 amide bonds. The molecule has 0 radical (unpaired) electrons. The van der Waals surface area contributed by atoms with Crippen LogP contribution in [0.1, 0.15) is 12.5 Å². The molecule has 16 heavy (non-hydrogen) atoms. The van der Waals surface area contributed by atoms with Crippen molar-refractivity contribution in [3.05, 3.63) is 23.8 Å². The number of benzene rings is 1. The van der Waals surface area contributed by atoms with Crippen molar-refractivity contribution in [2.45, 2.75) is 6.92 Å². The summed E-state index contributed by atoms with van der Waals surface area (Å²) in [5.41, 5.74) is 0.365. The Kier molecular flexibility index (Phi) is 5.09. The van der Waals surface area contributed by atoms with Gasteiger partial charge in [-0.25, -0.2) is 0 Å². The van der Waals surface area contributed by atoms with Crippen LogP contribution < -0.4 is 9.47 Å². The van der Waals surface area contributed by atoms with E-state index in [0.717, 1.165) is 5.75 Å². The third-order valence-corrected chi connectivity index (χ3v) is 2.82. The molecule has 0 atom stereocenters. The second kappa shape index (κ2) is 6.36. The molecule has 0 heterocycles. The van der Waals surface area contributed by atoms with Crippen molar-refractivity contribution in [3.63, 3.8) is 0 Å². The lowest BCUT2D eigenvalue weighted by atomic mass is 10.2. The molecule has 0 aromatic heterocycles. The minimum absolute atomic E-state index is 0.365. The van der Waals surface area contributed by atoms with Crippen LogP contribution in [0.4, 0.5) is 0 Å². The second-order valence-corrected chi connectivity index (χ2v) is 4.60. The lowest BCUT2D eigenvalue weighted by molar-refractivity contribution is 0.410. The highest BCUT2D eigenvalue weighted by Gasteiger charge is 2.11. The minimum atomic E-state index is 0.365. The van der Waals surface area contributed by atoms with Crippen LogP contribution in [-0.4, -0.2) is 17.2 Å². The van der Waals surface area contributed by atoms with Gasteiger partial charge in [0, 0.05) is 0 Å².